The van der Waals surface area contributed by atoms with Gasteiger partial charge in [-0.25, -0.2) is 0 Å². The first-order valence-electron chi connectivity index (χ1n) is 8.34. The summed E-state index contributed by atoms with van der Waals surface area (Å²) >= 11 is 0. The van der Waals surface area contributed by atoms with Crippen molar-refractivity contribution in [1.82, 2.24) is 20.6 Å². The Morgan fingerprint density at radius 2 is 2.12 bits per heavy atom. The van der Waals surface area contributed by atoms with Gasteiger partial charge in [-0.15, -0.1) is 0 Å². The molecule has 1 amide bonds. The Bertz CT molecular complexity index is 865. The summed E-state index contributed by atoms with van der Waals surface area (Å²) in [6.45, 7) is 1.54. The highest BCUT2D eigenvalue weighted by Crippen LogP contribution is 2.23. The number of aromatic nitrogens is 2. The zero-order valence-electron chi connectivity index (χ0n) is 13.4. The number of hydrogen-bond acceptors (Lipinski definition) is 3. The smallest absolute Gasteiger partial charge is 0.268 e. The van der Waals surface area contributed by atoms with E-state index in [0.717, 1.165) is 30.5 Å². The summed E-state index contributed by atoms with van der Waals surface area (Å²) in [6, 6.07) is 12.6. The average Bonchev–Trinajstić information content (AvgIpc) is 3.05. The van der Waals surface area contributed by atoms with Gasteiger partial charge in [-0.1, -0.05) is 24.3 Å². The molecule has 3 heterocycles. The second kappa shape index (κ2) is 6.45. The molecular weight excluding hydrogens is 300 g/mol. The first-order valence-corrected chi connectivity index (χ1v) is 8.34. The lowest BCUT2D eigenvalue weighted by molar-refractivity contribution is 0.0951. The maximum atomic E-state index is 12.0. The van der Waals surface area contributed by atoms with E-state index in [-0.39, 0.29) is 11.9 Å². The molecule has 0 aliphatic carbocycles. The minimum absolute atomic E-state index is 0.0162. The molecule has 2 aromatic heterocycles. The van der Waals surface area contributed by atoms with Gasteiger partial charge in [0.15, 0.2) is 0 Å². The molecule has 122 valence electrons. The molecule has 0 spiro atoms. The normalized spacial score (nSPS) is 17.3. The van der Waals surface area contributed by atoms with Crippen LogP contribution in [0.25, 0.3) is 10.9 Å². The number of carbonyl (C=O) groups is 1. The zero-order valence-corrected chi connectivity index (χ0v) is 13.4. The van der Waals surface area contributed by atoms with E-state index in [1.165, 1.54) is 10.9 Å². The highest BCUT2D eigenvalue weighted by molar-refractivity contribution is 5.94. The van der Waals surface area contributed by atoms with Gasteiger partial charge >= 0.3 is 0 Å². The van der Waals surface area contributed by atoms with Crippen molar-refractivity contribution < 1.29 is 4.79 Å². The summed E-state index contributed by atoms with van der Waals surface area (Å²) in [4.78, 5) is 19.5. The van der Waals surface area contributed by atoms with Crippen molar-refractivity contribution in [2.24, 2.45) is 0 Å². The number of para-hydroxylation sites is 1. The Morgan fingerprint density at radius 1 is 1.21 bits per heavy atom. The van der Waals surface area contributed by atoms with Gasteiger partial charge in [-0.3, -0.25) is 9.78 Å². The molecule has 1 unspecified atom stereocenters. The number of H-pyrrole nitrogens is 1. The van der Waals surface area contributed by atoms with Gasteiger partial charge in [0, 0.05) is 30.4 Å². The zero-order chi connectivity index (χ0) is 16.4. The SMILES string of the molecule is O=C1NCCC(NCCc2cccc3cccnc23)c2cc[nH]c21. The summed E-state index contributed by atoms with van der Waals surface area (Å²) in [7, 11) is 0. The van der Waals surface area contributed by atoms with Gasteiger partial charge in [-0.2, -0.15) is 0 Å². The van der Waals surface area contributed by atoms with Crippen molar-refractivity contribution in [1.29, 1.82) is 0 Å². The predicted octanol–water partition coefficient (Wildman–Crippen LogP) is 2.57. The molecule has 0 saturated heterocycles. The Labute approximate surface area is 140 Å². The van der Waals surface area contributed by atoms with Crippen molar-refractivity contribution >= 4 is 16.8 Å². The maximum Gasteiger partial charge on any atom is 0.268 e. The number of carbonyl (C=O) groups excluding carboxylic acids is 1. The topological polar surface area (TPSA) is 69.8 Å². The molecule has 3 aromatic rings. The van der Waals surface area contributed by atoms with Gasteiger partial charge in [0.1, 0.15) is 5.69 Å². The standard InChI is InChI=1S/C19H20N4O/c24-19-18-15(7-11-22-18)16(8-12-23-19)20-10-6-14-4-1-3-13-5-2-9-21-17(13)14/h1-5,7,9,11,16,20,22H,6,8,10,12H2,(H,23,24). The minimum Gasteiger partial charge on any atom is -0.357 e. The molecule has 24 heavy (non-hydrogen) atoms. The Kier molecular flexibility index (Phi) is 4.01. The van der Waals surface area contributed by atoms with Crippen molar-refractivity contribution in [3.05, 3.63) is 65.6 Å². The van der Waals surface area contributed by atoms with Crippen LogP contribution < -0.4 is 10.6 Å². The van der Waals surface area contributed by atoms with Crippen LogP contribution in [0, 0.1) is 0 Å². The molecule has 1 atom stereocenters. The molecule has 5 heteroatoms. The van der Waals surface area contributed by atoms with E-state index >= 15 is 0 Å². The first-order chi connectivity index (χ1) is 11.8. The Hall–Kier alpha value is -2.66. The van der Waals surface area contributed by atoms with E-state index in [1.807, 2.05) is 24.5 Å². The predicted molar refractivity (Wildman–Crippen MR) is 93.9 cm³/mol. The van der Waals surface area contributed by atoms with Gasteiger partial charge in [0.05, 0.1) is 5.52 Å². The summed E-state index contributed by atoms with van der Waals surface area (Å²) in [6.07, 6.45) is 5.48. The van der Waals surface area contributed by atoms with Gasteiger partial charge < -0.3 is 15.6 Å². The van der Waals surface area contributed by atoms with Crippen molar-refractivity contribution in [3.63, 3.8) is 0 Å². The molecule has 0 fully saturated rings. The fourth-order valence-electron chi connectivity index (χ4n) is 3.40. The summed E-state index contributed by atoms with van der Waals surface area (Å²) in [5.41, 5.74) is 4.05. The third-order valence-electron chi connectivity index (χ3n) is 4.60. The number of nitrogens with zero attached hydrogens (tertiary/aromatic N) is 1. The molecule has 0 radical (unpaired) electrons. The van der Waals surface area contributed by atoms with Crippen LogP contribution in [0.1, 0.15) is 34.1 Å². The van der Waals surface area contributed by atoms with E-state index < -0.39 is 0 Å². The highest BCUT2D eigenvalue weighted by Gasteiger charge is 2.23. The third kappa shape index (κ3) is 2.78. The van der Waals surface area contributed by atoms with Gasteiger partial charge in [0.25, 0.3) is 5.91 Å². The van der Waals surface area contributed by atoms with E-state index in [4.69, 9.17) is 0 Å². The number of aromatic amines is 1. The Balaban J connectivity index is 1.48. The highest BCUT2D eigenvalue weighted by atomic mass is 16.1. The second-order valence-electron chi connectivity index (χ2n) is 6.10. The summed E-state index contributed by atoms with van der Waals surface area (Å²) in [5, 5.41) is 7.70. The average molecular weight is 320 g/mol. The van der Waals surface area contributed by atoms with E-state index in [0.29, 0.717) is 12.2 Å². The van der Waals surface area contributed by atoms with Crippen LogP contribution >= 0.6 is 0 Å². The summed E-state index contributed by atoms with van der Waals surface area (Å²) in [5.74, 6) is -0.0162. The monoisotopic (exact) mass is 320 g/mol. The lowest BCUT2D eigenvalue weighted by Gasteiger charge is -2.16. The number of nitrogens with one attached hydrogen (secondary N) is 3. The number of benzene rings is 1. The number of fused-ring (bicyclic) bond motifs is 2. The largest absolute Gasteiger partial charge is 0.357 e. The van der Waals surface area contributed by atoms with E-state index in [1.54, 1.807) is 0 Å². The van der Waals surface area contributed by atoms with Crippen molar-refractivity contribution in [3.8, 4) is 0 Å². The molecule has 1 aliphatic heterocycles. The molecule has 0 saturated carbocycles. The summed E-state index contributed by atoms with van der Waals surface area (Å²) < 4.78 is 0. The molecule has 1 aromatic carbocycles. The molecule has 3 N–H and O–H groups in total. The van der Waals surface area contributed by atoms with Crippen LogP contribution in [0.3, 0.4) is 0 Å². The maximum absolute atomic E-state index is 12.0. The number of rotatable bonds is 4. The quantitative estimate of drug-likeness (QED) is 0.692. The van der Waals surface area contributed by atoms with E-state index in [2.05, 4.69) is 44.9 Å². The van der Waals surface area contributed by atoms with Crippen LogP contribution in [0.15, 0.2) is 48.8 Å². The molecule has 0 bridgehead atoms. The lowest BCUT2D eigenvalue weighted by atomic mass is 10.0. The lowest BCUT2D eigenvalue weighted by Crippen LogP contribution is -2.25. The third-order valence-corrected chi connectivity index (χ3v) is 4.60. The van der Waals surface area contributed by atoms with Crippen LogP contribution in [0.4, 0.5) is 0 Å². The Morgan fingerprint density at radius 3 is 3.08 bits per heavy atom. The first kappa shape index (κ1) is 14.9. The molecule has 1 aliphatic rings. The fourth-order valence-corrected chi connectivity index (χ4v) is 3.40. The minimum atomic E-state index is -0.0162. The van der Waals surface area contributed by atoms with Crippen molar-refractivity contribution in [2.75, 3.05) is 13.1 Å². The van der Waals surface area contributed by atoms with Crippen LogP contribution in [-0.2, 0) is 6.42 Å². The number of hydrogen-bond donors (Lipinski definition) is 3. The molecule has 4 rings (SSSR count). The van der Waals surface area contributed by atoms with Crippen LogP contribution in [0.5, 0.6) is 0 Å². The van der Waals surface area contributed by atoms with Crippen molar-refractivity contribution in [2.45, 2.75) is 18.9 Å². The second-order valence-corrected chi connectivity index (χ2v) is 6.10. The molecule has 5 nitrogen and oxygen atoms in total. The fraction of sp³-hybridized carbons (Fsp3) is 0.263. The van der Waals surface area contributed by atoms with E-state index in [9.17, 15) is 4.79 Å². The van der Waals surface area contributed by atoms with Crippen LogP contribution in [-0.4, -0.2) is 29.0 Å². The molecular formula is C19H20N4O. The number of amides is 1. The van der Waals surface area contributed by atoms with Gasteiger partial charge in [-0.05, 0) is 42.6 Å². The van der Waals surface area contributed by atoms with Gasteiger partial charge in [0.2, 0.25) is 0 Å². The number of pyridine rings is 1. The van der Waals surface area contributed by atoms with Crippen LogP contribution in [0.2, 0.25) is 0 Å².